The van der Waals surface area contributed by atoms with Gasteiger partial charge in [0.2, 0.25) is 5.91 Å². The second-order valence-corrected chi connectivity index (χ2v) is 7.40. The lowest BCUT2D eigenvalue weighted by molar-refractivity contribution is -0.145. The summed E-state index contributed by atoms with van der Waals surface area (Å²) in [5, 5.41) is 0.932. The van der Waals surface area contributed by atoms with E-state index in [0.29, 0.717) is 6.54 Å². The van der Waals surface area contributed by atoms with Gasteiger partial charge in [0.25, 0.3) is 0 Å². The highest BCUT2D eigenvalue weighted by atomic mass is 32.1. The third-order valence-corrected chi connectivity index (χ3v) is 5.85. The van der Waals surface area contributed by atoms with Gasteiger partial charge < -0.3 is 9.64 Å². The first-order chi connectivity index (χ1) is 12.6. The quantitative estimate of drug-likeness (QED) is 0.662. The second kappa shape index (κ2) is 6.53. The first-order valence-corrected chi connectivity index (χ1v) is 9.24. The van der Waals surface area contributed by atoms with Crippen LogP contribution in [0.15, 0.2) is 42.5 Å². The second-order valence-electron chi connectivity index (χ2n) is 6.36. The molecular weight excluding hydrogens is 348 g/mol. The average molecular weight is 366 g/mol. The fraction of sp³-hybridized carbons (Fsp3) is 0.250. The lowest BCUT2D eigenvalue weighted by atomic mass is 10.1. The van der Waals surface area contributed by atoms with Crippen molar-refractivity contribution in [1.29, 1.82) is 0 Å². The Kier molecular flexibility index (Phi) is 4.20. The Balaban J connectivity index is 1.72. The van der Waals surface area contributed by atoms with Crippen LogP contribution in [0.2, 0.25) is 0 Å². The number of ether oxygens (including phenoxy) is 1. The number of anilines is 1. The summed E-state index contributed by atoms with van der Waals surface area (Å²) in [4.78, 5) is 30.7. The molecule has 1 fully saturated rings. The van der Waals surface area contributed by atoms with Gasteiger partial charge in [0.1, 0.15) is 5.01 Å². The van der Waals surface area contributed by atoms with Crippen molar-refractivity contribution >= 4 is 39.1 Å². The molecule has 0 N–H and O–H groups in total. The van der Waals surface area contributed by atoms with Gasteiger partial charge in [-0.05, 0) is 30.7 Å². The Labute approximate surface area is 155 Å². The van der Waals surface area contributed by atoms with Crippen LogP contribution < -0.4 is 4.90 Å². The fourth-order valence-electron chi connectivity index (χ4n) is 3.40. The number of carbonyl (C=O) groups excluding carboxylic acids is 2. The minimum Gasteiger partial charge on any atom is -0.469 e. The van der Waals surface area contributed by atoms with Crippen LogP contribution in [0, 0.1) is 12.8 Å². The van der Waals surface area contributed by atoms with Crippen LogP contribution in [0.3, 0.4) is 0 Å². The Morgan fingerprint density at radius 3 is 2.81 bits per heavy atom. The molecular formula is C20H18N2O3S. The predicted molar refractivity (Wildman–Crippen MR) is 102 cm³/mol. The maximum Gasteiger partial charge on any atom is 0.311 e. The van der Waals surface area contributed by atoms with E-state index in [4.69, 9.17) is 9.72 Å². The average Bonchev–Trinajstić information content (AvgIpc) is 3.24. The van der Waals surface area contributed by atoms with E-state index in [1.54, 1.807) is 16.2 Å². The topological polar surface area (TPSA) is 59.5 Å². The molecule has 26 heavy (non-hydrogen) atoms. The van der Waals surface area contributed by atoms with Gasteiger partial charge in [0.15, 0.2) is 0 Å². The Morgan fingerprint density at radius 2 is 2.04 bits per heavy atom. The lowest BCUT2D eigenvalue weighted by Gasteiger charge is -2.20. The summed E-state index contributed by atoms with van der Waals surface area (Å²) < 4.78 is 5.93. The van der Waals surface area contributed by atoms with Crippen LogP contribution in [0.25, 0.3) is 20.8 Å². The van der Waals surface area contributed by atoms with Crippen molar-refractivity contribution in [3.8, 4) is 10.6 Å². The van der Waals surface area contributed by atoms with E-state index in [1.807, 2.05) is 43.3 Å². The molecule has 1 aliphatic rings. The van der Waals surface area contributed by atoms with E-state index in [-0.39, 0.29) is 18.3 Å². The van der Waals surface area contributed by atoms with Crippen molar-refractivity contribution < 1.29 is 14.3 Å². The van der Waals surface area contributed by atoms with Crippen LogP contribution in [0.1, 0.15) is 12.0 Å². The van der Waals surface area contributed by atoms with Crippen LogP contribution in [0.5, 0.6) is 0 Å². The van der Waals surface area contributed by atoms with Gasteiger partial charge in [-0.2, -0.15) is 0 Å². The maximum atomic E-state index is 12.5. The van der Waals surface area contributed by atoms with Gasteiger partial charge >= 0.3 is 5.97 Å². The minimum absolute atomic E-state index is 0.0510. The third kappa shape index (κ3) is 2.76. The lowest BCUT2D eigenvalue weighted by Crippen LogP contribution is -2.27. The van der Waals surface area contributed by atoms with E-state index in [0.717, 1.165) is 32.0 Å². The van der Waals surface area contributed by atoms with Crippen molar-refractivity contribution in [2.45, 2.75) is 13.3 Å². The minimum atomic E-state index is -0.405. The van der Waals surface area contributed by atoms with Crippen LogP contribution in [-0.4, -0.2) is 30.5 Å². The number of hydrogen-bond acceptors (Lipinski definition) is 5. The van der Waals surface area contributed by atoms with Gasteiger partial charge in [-0.15, -0.1) is 11.3 Å². The molecule has 1 aromatic heterocycles. The molecule has 5 nitrogen and oxygen atoms in total. The molecule has 3 aromatic rings. The molecule has 0 saturated carbocycles. The number of rotatable bonds is 3. The van der Waals surface area contributed by atoms with E-state index in [9.17, 15) is 9.59 Å². The number of hydrogen-bond donors (Lipinski definition) is 0. The van der Waals surface area contributed by atoms with Crippen molar-refractivity contribution in [2.75, 3.05) is 18.6 Å². The molecule has 1 unspecified atom stereocenters. The number of benzene rings is 2. The molecule has 4 rings (SSSR count). The molecule has 1 amide bonds. The zero-order valence-electron chi connectivity index (χ0n) is 14.6. The Morgan fingerprint density at radius 1 is 1.23 bits per heavy atom. The van der Waals surface area contributed by atoms with Gasteiger partial charge in [0.05, 0.1) is 23.2 Å². The zero-order chi connectivity index (χ0) is 18.3. The fourth-order valence-corrected chi connectivity index (χ4v) is 4.45. The first kappa shape index (κ1) is 16.7. The smallest absolute Gasteiger partial charge is 0.311 e. The van der Waals surface area contributed by atoms with E-state index in [2.05, 4.69) is 6.07 Å². The summed E-state index contributed by atoms with van der Waals surface area (Å²) in [5.41, 5.74) is 3.81. The van der Waals surface area contributed by atoms with E-state index in [1.165, 1.54) is 7.11 Å². The highest BCUT2D eigenvalue weighted by Crippen LogP contribution is 2.37. The molecule has 6 heteroatoms. The molecule has 132 valence electrons. The van der Waals surface area contributed by atoms with Crippen LogP contribution in [0.4, 0.5) is 5.69 Å². The highest BCUT2D eigenvalue weighted by molar-refractivity contribution is 7.21. The number of methoxy groups -OCH3 is 1. The third-order valence-electron chi connectivity index (χ3n) is 4.78. The molecule has 0 radical (unpaired) electrons. The van der Waals surface area contributed by atoms with Crippen molar-refractivity contribution in [1.82, 2.24) is 4.98 Å². The number of aromatic nitrogens is 1. The Hall–Kier alpha value is -2.73. The van der Waals surface area contributed by atoms with E-state index < -0.39 is 5.92 Å². The SMILES string of the molecule is COC(=O)C1CC(=O)N(c2cccc(-c3nc4ccccc4s3)c2C)C1. The number of esters is 1. The molecule has 1 aliphatic heterocycles. The maximum absolute atomic E-state index is 12.5. The highest BCUT2D eigenvalue weighted by Gasteiger charge is 2.36. The summed E-state index contributed by atoms with van der Waals surface area (Å²) in [6.45, 7) is 2.35. The largest absolute Gasteiger partial charge is 0.469 e. The van der Waals surface area contributed by atoms with Crippen molar-refractivity contribution in [3.05, 3.63) is 48.0 Å². The standard InChI is InChI=1S/C20H18N2O3S/c1-12-14(19-21-15-7-3-4-9-17(15)26-19)6-5-8-16(12)22-11-13(10-18(22)23)20(24)25-2/h3-9,13H,10-11H2,1-2H3. The van der Waals surface area contributed by atoms with Crippen molar-refractivity contribution in [2.24, 2.45) is 5.92 Å². The summed E-state index contributed by atoms with van der Waals surface area (Å²) in [6.07, 6.45) is 0.192. The summed E-state index contributed by atoms with van der Waals surface area (Å²) in [7, 11) is 1.36. The first-order valence-electron chi connectivity index (χ1n) is 8.42. The summed E-state index contributed by atoms with van der Waals surface area (Å²) in [5.74, 6) is -0.788. The van der Waals surface area contributed by atoms with Gasteiger partial charge in [0, 0.05) is 24.2 Å². The van der Waals surface area contributed by atoms with E-state index >= 15 is 0 Å². The Bertz CT molecular complexity index is 978. The van der Waals surface area contributed by atoms with Gasteiger partial charge in [-0.1, -0.05) is 24.3 Å². The monoisotopic (exact) mass is 366 g/mol. The zero-order valence-corrected chi connectivity index (χ0v) is 15.4. The molecule has 0 spiro atoms. The summed E-state index contributed by atoms with van der Waals surface area (Å²) >= 11 is 1.64. The number of para-hydroxylation sites is 1. The predicted octanol–water partition coefficient (Wildman–Crippen LogP) is 3.80. The number of amides is 1. The molecule has 0 bridgehead atoms. The van der Waals surface area contributed by atoms with Gasteiger partial charge in [-0.25, -0.2) is 4.98 Å². The number of fused-ring (bicyclic) bond motifs is 1. The normalized spacial score (nSPS) is 17.1. The summed E-state index contributed by atoms with van der Waals surface area (Å²) in [6, 6.07) is 13.9. The number of thiazole rings is 1. The molecule has 0 aliphatic carbocycles. The molecule has 1 atom stereocenters. The molecule has 2 aromatic carbocycles. The van der Waals surface area contributed by atoms with Crippen LogP contribution >= 0.6 is 11.3 Å². The number of nitrogens with zero attached hydrogens (tertiary/aromatic N) is 2. The molecule has 2 heterocycles. The number of carbonyl (C=O) groups is 2. The van der Waals surface area contributed by atoms with Crippen LogP contribution in [-0.2, 0) is 14.3 Å². The molecule has 1 saturated heterocycles. The van der Waals surface area contributed by atoms with Crippen molar-refractivity contribution in [3.63, 3.8) is 0 Å². The van der Waals surface area contributed by atoms with Gasteiger partial charge in [-0.3, -0.25) is 9.59 Å².